The third-order valence-corrected chi connectivity index (χ3v) is 3.07. The first-order valence-electron chi connectivity index (χ1n) is 5.95. The molecule has 17 heavy (non-hydrogen) atoms. The highest BCUT2D eigenvalue weighted by molar-refractivity contribution is 5.43. The van der Waals surface area contributed by atoms with Gasteiger partial charge in [-0.2, -0.15) is 0 Å². The Kier molecular flexibility index (Phi) is 3.48. The molecule has 1 radical (unpaired) electrons. The minimum Gasteiger partial charge on any atom is -0.457 e. The van der Waals surface area contributed by atoms with Gasteiger partial charge in [0, 0.05) is 0 Å². The van der Waals surface area contributed by atoms with Crippen molar-refractivity contribution < 1.29 is 4.74 Å². The predicted molar refractivity (Wildman–Crippen MR) is 70.6 cm³/mol. The number of hydrogen-bond donors (Lipinski definition) is 0. The standard InChI is InChI=1S/C16H17O/c1-4-14-9-5-6-10-16(14)17-15-11-7-8-12(2)13(15)3/h5,7-11H,4H2,1-3H3. The van der Waals surface area contributed by atoms with Crippen LogP contribution in [0, 0.1) is 19.9 Å². The number of hydrogen-bond acceptors (Lipinski definition) is 1. The molecule has 0 aliphatic heterocycles. The first kappa shape index (κ1) is 11.7. The van der Waals surface area contributed by atoms with E-state index in [1.807, 2.05) is 24.3 Å². The van der Waals surface area contributed by atoms with E-state index in [2.05, 4.69) is 39.0 Å². The number of ether oxygens (including phenoxy) is 1. The van der Waals surface area contributed by atoms with Gasteiger partial charge in [-0.1, -0.05) is 31.2 Å². The van der Waals surface area contributed by atoms with Gasteiger partial charge in [0.15, 0.2) is 0 Å². The second-order valence-corrected chi connectivity index (χ2v) is 4.19. The summed E-state index contributed by atoms with van der Waals surface area (Å²) in [5.41, 5.74) is 3.66. The van der Waals surface area contributed by atoms with E-state index in [1.165, 1.54) is 16.7 Å². The molecule has 2 aromatic carbocycles. The van der Waals surface area contributed by atoms with Crippen LogP contribution in [0.3, 0.4) is 0 Å². The zero-order valence-electron chi connectivity index (χ0n) is 10.6. The van der Waals surface area contributed by atoms with Crippen molar-refractivity contribution in [2.45, 2.75) is 27.2 Å². The lowest BCUT2D eigenvalue weighted by molar-refractivity contribution is 0.472. The molecular formula is C16H17O. The molecule has 1 nitrogen and oxygen atoms in total. The molecule has 0 fully saturated rings. The van der Waals surface area contributed by atoms with E-state index >= 15 is 0 Å². The second-order valence-electron chi connectivity index (χ2n) is 4.19. The van der Waals surface area contributed by atoms with Gasteiger partial charge in [-0.15, -0.1) is 0 Å². The summed E-state index contributed by atoms with van der Waals surface area (Å²) in [7, 11) is 0. The quantitative estimate of drug-likeness (QED) is 0.749. The summed E-state index contributed by atoms with van der Waals surface area (Å²) in [4.78, 5) is 0. The van der Waals surface area contributed by atoms with E-state index < -0.39 is 0 Å². The summed E-state index contributed by atoms with van der Waals surface area (Å²) in [5.74, 6) is 1.84. The first-order chi connectivity index (χ1) is 8.22. The lowest BCUT2D eigenvalue weighted by atomic mass is 10.1. The van der Waals surface area contributed by atoms with Crippen molar-refractivity contribution in [1.29, 1.82) is 0 Å². The number of benzene rings is 2. The van der Waals surface area contributed by atoms with Gasteiger partial charge < -0.3 is 4.74 Å². The third kappa shape index (κ3) is 2.50. The summed E-state index contributed by atoms with van der Waals surface area (Å²) in [6.45, 7) is 6.31. The first-order valence-corrected chi connectivity index (χ1v) is 5.95. The predicted octanol–water partition coefficient (Wildman–Crippen LogP) is 4.46. The van der Waals surface area contributed by atoms with Crippen molar-refractivity contribution in [2.75, 3.05) is 0 Å². The topological polar surface area (TPSA) is 9.23 Å². The van der Waals surface area contributed by atoms with Crippen molar-refractivity contribution >= 4 is 0 Å². The molecule has 2 aromatic rings. The Morgan fingerprint density at radius 3 is 2.71 bits per heavy atom. The van der Waals surface area contributed by atoms with Crippen LogP contribution in [0.1, 0.15) is 23.6 Å². The molecule has 0 saturated heterocycles. The van der Waals surface area contributed by atoms with Gasteiger partial charge in [0.1, 0.15) is 11.5 Å². The van der Waals surface area contributed by atoms with E-state index in [0.717, 1.165) is 17.9 Å². The monoisotopic (exact) mass is 225 g/mol. The van der Waals surface area contributed by atoms with Crippen molar-refractivity contribution in [3.8, 4) is 11.5 Å². The van der Waals surface area contributed by atoms with Crippen molar-refractivity contribution in [1.82, 2.24) is 0 Å². The van der Waals surface area contributed by atoms with E-state index in [-0.39, 0.29) is 0 Å². The van der Waals surface area contributed by atoms with Crippen LogP contribution >= 0.6 is 0 Å². The zero-order chi connectivity index (χ0) is 12.3. The van der Waals surface area contributed by atoms with Crippen LogP contribution < -0.4 is 4.74 Å². The van der Waals surface area contributed by atoms with Gasteiger partial charge >= 0.3 is 0 Å². The number of aryl methyl sites for hydroxylation is 2. The molecule has 0 atom stereocenters. The highest BCUT2D eigenvalue weighted by Crippen LogP contribution is 2.29. The smallest absolute Gasteiger partial charge is 0.131 e. The molecule has 0 bridgehead atoms. The number of rotatable bonds is 3. The molecule has 0 aromatic heterocycles. The van der Waals surface area contributed by atoms with Crippen LogP contribution in [-0.2, 0) is 6.42 Å². The Balaban J connectivity index is 2.35. The van der Waals surface area contributed by atoms with Crippen molar-refractivity contribution in [3.63, 3.8) is 0 Å². The summed E-state index contributed by atoms with van der Waals surface area (Å²) in [6.07, 6.45) is 0.967. The van der Waals surface area contributed by atoms with Crippen molar-refractivity contribution in [3.05, 3.63) is 59.2 Å². The molecule has 0 aliphatic carbocycles. The Bertz CT molecular complexity index is 515. The molecule has 0 unspecified atom stereocenters. The molecule has 1 heteroatoms. The van der Waals surface area contributed by atoms with Gasteiger partial charge in [-0.3, -0.25) is 0 Å². The molecule has 87 valence electrons. The Morgan fingerprint density at radius 1 is 1.12 bits per heavy atom. The van der Waals surface area contributed by atoms with Crippen LogP contribution in [0.25, 0.3) is 0 Å². The van der Waals surface area contributed by atoms with Crippen LogP contribution in [0.5, 0.6) is 11.5 Å². The largest absolute Gasteiger partial charge is 0.457 e. The molecule has 0 spiro atoms. The fourth-order valence-electron chi connectivity index (χ4n) is 1.79. The van der Waals surface area contributed by atoms with E-state index in [4.69, 9.17) is 4.74 Å². The second kappa shape index (κ2) is 5.05. The molecule has 0 aliphatic rings. The van der Waals surface area contributed by atoms with Crippen LogP contribution in [0.4, 0.5) is 0 Å². The fraction of sp³-hybridized carbons (Fsp3) is 0.250. The van der Waals surface area contributed by atoms with Crippen molar-refractivity contribution in [2.24, 2.45) is 0 Å². The van der Waals surface area contributed by atoms with E-state index in [0.29, 0.717) is 0 Å². The molecule has 2 rings (SSSR count). The average molecular weight is 225 g/mol. The minimum absolute atomic E-state index is 0.906. The van der Waals surface area contributed by atoms with Gasteiger partial charge in [0.25, 0.3) is 0 Å². The Labute approximate surface area is 103 Å². The maximum atomic E-state index is 5.98. The van der Waals surface area contributed by atoms with Gasteiger partial charge in [0.2, 0.25) is 0 Å². The zero-order valence-corrected chi connectivity index (χ0v) is 10.6. The highest BCUT2D eigenvalue weighted by Gasteiger charge is 2.06. The molecule has 0 heterocycles. The summed E-state index contributed by atoms with van der Waals surface area (Å²) < 4.78 is 5.98. The highest BCUT2D eigenvalue weighted by atomic mass is 16.5. The molecule has 0 amide bonds. The third-order valence-electron chi connectivity index (χ3n) is 3.07. The summed E-state index contributed by atoms with van der Waals surface area (Å²) >= 11 is 0. The van der Waals surface area contributed by atoms with Crippen LogP contribution in [-0.4, -0.2) is 0 Å². The lowest BCUT2D eigenvalue weighted by Gasteiger charge is -2.12. The van der Waals surface area contributed by atoms with Crippen LogP contribution in [0.15, 0.2) is 36.4 Å². The SMILES string of the molecule is CCc1cc[c]cc1Oc1cccc(C)c1C. The maximum absolute atomic E-state index is 5.98. The fourth-order valence-corrected chi connectivity index (χ4v) is 1.79. The summed E-state index contributed by atoms with van der Waals surface area (Å²) in [6, 6.07) is 15.1. The van der Waals surface area contributed by atoms with Gasteiger partial charge in [-0.25, -0.2) is 0 Å². The average Bonchev–Trinajstić information content (AvgIpc) is 2.35. The van der Waals surface area contributed by atoms with E-state index in [9.17, 15) is 0 Å². The molecule has 0 N–H and O–H groups in total. The van der Waals surface area contributed by atoms with Gasteiger partial charge in [-0.05, 0) is 55.2 Å². The van der Waals surface area contributed by atoms with Crippen LogP contribution in [0.2, 0.25) is 0 Å². The Morgan fingerprint density at radius 2 is 1.94 bits per heavy atom. The Hall–Kier alpha value is -1.76. The minimum atomic E-state index is 0.906. The maximum Gasteiger partial charge on any atom is 0.131 e. The normalized spacial score (nSPS) is 10.3. The lowest BCUT2D eigenvalue weighted by Crippen LogP contribution is -1.93. The van der Waals surface area contributed by atoms with Gasteiger partial charge in [0.05, 0.1) is 0 Å². The molecule has 0 saturated carbocycles. The molecular weight excluding hydrogens is 208 g/mol. The summed E-state index contributed by atoms with van der Waals surface area (Å²) in [5, 5.41) is 0. The van der Waals surface area contributed by atoms with E-state index in [1.54, 1.807) is 0 Å².